The molecule has 1 aliphatic rings. The van der Waals surface area contributed by atoms with E-state index in [0.717, 1.165) is 29.5 Å². The third-order valence-electron chi connectivity index (χ3n) is 11.3. The highest BCUT2D eigenvalue weighted by molar-refractivity contribution is 7.27. The van der Waals surface area contributed by atoms with Crippen LogP contribution in [0.15, 0.2) is 164 Å². The molecule has 268 valence electrons. The number of hydrogen-bond acceptors (Lipinski definition) is 5. The zero-order valence-corrected chi connectivity index (χ0v) is 32.3. The van der Waals surface area contributed by atoms with E-state index in [1.807, 2.05) is 59.1 Å². The molecule has 57 heavy (non-hydrogen) atoms. The molecular weight excluding hydrogens is 733 g/mol. The fourth-order valence-corrected chi connectivity index (χ4v) is 11.2. The van der Waals surface area contributed by atoms with E-state index in [-0.39, 0.29) is 0 Å². The topological polar surface area (TPSA) is 43.6 Å². The highest BCUT2D eigenvalue weighted by atomic mass is 32.1. The van der Waals surface area contributed by atoms with E-state index in [1.54, 1.807) is 0 Å². The maximum Gasteiger partial charge on any atom is 0.164 e. The summed E-state index contributed by atoms with van der Waals surface area (Å²) in [5.41, 5.74) is 10.6. The Kier molecular flexibility index (Phi) is 7.37. The number of fused-ring (bicyclic) bond motifs is 9. The Morgan fingerprint density at radius 1 is 0.474 bits per heavy atom. The average Bonchev–Trinajstić information content (AvgIpc) is 3.96. The van der Waals surface area contributed by atoms with E-state index in [4.69, 9.17) is 15.0 Å². The van der Waals surface area contributed by atoms with Gasteiger partial charge in [0.05, 0.1) is 5.52 Å². The molecule has 0 spiro atoms. The van der Waals surface area contributed by atoms with E-state index >= 15 is 0 Å². The molecule has 4 nitrogen and oxygen atoms in total. The third-order valence-corrected chi connectivity index (χ3v) is 13.7. The number of hydrogen-bond donors (Lipinski definition) is 0. The summed E-state index contributed by atoms with van der Waals surface area (Å²) in [6.07, 6.45) is 6.73. The Morgan fingerprint density at radius 3 is 1.88 bits per heavy atom. The standard InChI is InChI=1S/C51H32N4S2/c1-3-14-31(15-4-1)49-52-50(32-16-5-2-6-17-32)54-51(53-49)39-23-13-27-45-47(39)46-36(20-12-26-44(46)56-45)37-21-11-22-38-40-30-33(28-29-43(40)57-48(37)38)55-41-24-9-7-18-34(41)35-19-8-10-25-42(35)55/h1-9,11-24,26-30H,10,25H2. The van der Waals surface area contributed by atoms with Crippen molar-refractivity contribution in [2.45, 2.75) is 12.8 Å². The number of nitrogens with zero attached hydrogens (tertiary/aromatic N) is 4. The summed E-state index contributed by atoms with van der Waals surface area (Å²) < 4.78 is 7.54. The van der Waals surface area contributed by atoms with Crippen LogP contribution in [-0.2, 0) is 6.42 Å². The molecule has 0 atom stereocenters. The van der Waals surface area contributed by atoms with Gasteiger partial charge in [-0.3, -0.25) is 0 Å². The second-order valence-electron chi connectivity index (χ2n) is 14.6. The highest BCUT2D eigenvalue weighted by Gasteiger charge is 2.22. The minimum absolute atomic E-state index is 0.663. The first-order valence-electron chi connectivity index (χ1n) is 19.3. The van der Waals surface area contributed by atoms with E-state index in [2.05, 4.69) is 138 Å². The molecule has 0 amide bonds. The van der Waals surface area contributed by atoms with Crippen molar-refractivity contribution in [3.63, 3.8) is 0 Å². The number of aromatic nitrogens is 4. The minimum atomic E-state index is 0.663. The molecule has 0 N–H and O–H groups in total. The lowest BCUT2D eigenvalue weighted by Gasteiger charge is -2.13. The third kappa shape index (κ3) is 5.15. The first kappa shape index (κ1) is 32.5. The summed E-state index contributed by atoms with van der Waals surface area (Å²) in [7, 11) is 0. The van der Waals surface area contributed by atoms with Gasteiger partial charge in [0, 0.05) is 84.9 Å². The van der Waals surface area contributed by atoms with Crippen molar-refractivity contribution in [1.29, 1.82) is 0 Å². The molecular formula is C51H32N4S2. The lowest BCUT2D eigenvalue weighted by molar-refractivity contribution is 0.889. The zero-order valence-electron chi connectivity index (χ0n) is 30.7. The second-order valence-corrected chi connectivity index (χ2v) is 16.8. The average molecular weight is 765 g/mol. The summed E-state index contributed by atoms with van der Waals surface area (Å²) >= 11 is 3.72. The van der Waals surface area contributed by atoms with Crippen molar-refractivity contribution >= 4 is 80.0 Å². The largest absolute Gasteiger partial charge is 0.313 e. The van der Waals surface area contributed by atoms with Gasteiger partial charge in [-0.25, -0.2) is 15.0 Å². The number of benzene rings is 7. The summed E-state index contributed by atoms with van der Waals surface area (Å²) in [6, 6.07) is 56.4. The van der Waals surface area contributed by atoms with E-state index in [9.17, 15) is 0 Å². The predicted molar refractivity (Wildman–Crippen MR) is 242 cm³/mol. The molecule has 4 aromatic heterocycles. The zero-order chi connectivity index (χ0) is 37.5. The Balaban J connectivity index is 1.07. The van der Waals surface area contributed by atoms with Gasteiger partial charge in [-0.2, -0.15) is 0 Å². The molecule has 11 aromatic rings. The smallest absolute Gasteiger partial charge is 0.164 e. The van der Waals surface area contributed by atoms with Crippen molar-refractivity contribution in [2.24, 2.45) is 0 Å². The molecule has 0 saturated heterocycles. The van der Waals surface area contributed by atoms with Gasteiger partial charge in [-0.1, -0.05) is 133 Å². The minimum Gasteiger partial charge on any atom is -0.313 e. The van der Waals surface area contributed by atoms with Crippen LogP contribution in [0.5, 0.6) is 0 Å². The molecule has 0 radical (unpaired) electrons. The summed E-state index contributed by atoms with van der Waals surface area (Å²) in [5, 5.41) is 6.31. The Hall–Kier alpha value is -6.73. The van der Waals surface area contributed by atoms with Gasteiger partial charge in [0.15, 0.2) is 17.5 Å². The lowest BCUT2D eigenvalue weighted by atomic mass is 9.96. The van der Waals surface area contributed by atoms with Gasteiger partial charge in [0.25, 0.3) is 0 Å². The van der Waals surface area contributed by atoms with E-state index < -0.39 is 0 Å². The van der Waals surface area contributed by atoms with Crippen molar-refractivity contribution in [1.82, 2.24) is 19.5 Å². The number of para-hydroxylation sites is 1. The molecule has 7 aromatic carbocycles. The molecule has 12 rings (SSSR count). The summed E-state index contributed by atoms with van der Waals surface area (Å²) in [6.45, 7) is 0. The van der Waals surface area contributed by atoms with Crippen LogP contribution in [0.25, 0.3) is 108 Å². The fraction of sp³-hybridized carbons (Fsp3) is 0.0392. The van der Waals surface area contributed by atoms with Gasteiger partial charge >= 0.3 is 0 Å². The van der Waals surface area contributed by atoms with Crippen LogP contribution in [-0.4, -0.2) is 19.5 Å². The molecule has 1 aliphatic carbocycles. The monoisotopic (exact) mass is 764 g/mol. The van der Waals surface area contributed by atoms with E-state index in [1.165, 1.54) is 79.3 Å². The maximum absolute atomic E-state index is 5.17. The first-order chi connectivity index (χ1) is 28.3. The van der Waals surface area contributed by atoms with Gasteiger partial charge in [-0.05, 0) is 54.8 Å². The fourth-order valence-electron chi connectivity index (χ4n) is 8.81. The Labute approximate surface area is 336 Å². The van der Waals surface area contributed by atoms with Crippen molar-refractivity contribution in [3.8, 4) is 51.0 Å². The van der Waals surface area contributed by atoms with E-state index in [0.29, 0.717) is 17.5 Å². The van der Waals surface area contributed by atoms with Crippen molar-refractivity contribution < 1.29 is 0 Å². The van der Waals surface area contributed by atoms with Gasteiger partial charge in [-0.15, -0.1) is 22.7 Å². The number of allylic oxidation sites excluding steroid dienone is 1. The highest BCUT2D eigenvalue weighted by Crippen LogP contribution is 2.48. The molecule has 6 heteroatoms. The van der Waals surface area contributed by atoms with Crippen LogP contribution in [0, 0.1) is 0 Å². The number of rotatable bonds is 5. The number of thiophene rings is 2. The second kappa shape index (κ2) is 12.9. The SMILES string of the molecule is C1=Cc2c(n(-c3ccc4sc5c(-c6cccc7sc8cccc(-c9nc(-c%10ccccc%10)nc(-c%10ccccc%10)n9)c8c67)cccc5c4c3)c3ccccc23)CC1. The van der Waals surface area contributed by atoms with Crippen LogP contribution >= 0.6 is 22.7 Å². The Bertz CT molecular complexity index is 3350. The normalized spacial score (nSPS) is 12.7. The van der Waals surface area contributed by atoms with Crippen LogP contribution in [0.3, 0.4) is 0 Å². The lowest BCUT2D eigenvalue weighted by Crippen LogP contribution is -2.02. The van der Waals surface area contributed by atoms with Crippen LogP contribution in [0.2, 0.25) is 0 Å². The van der Waals surface area contributed by atoms with Crippen LogP contribution in [0.1, 0.15) is 17.7 Å². The van der Waals surface area contributed by atoms with Gasteiger partial charge in [0.1, 0.15) is 0 Å². The molecule has 0 aliphatic heterocycles. The van der Waals surface area contributed by atoms with Gasteiger partial charge in [0.2, 0.25) is 0 Å². The first-order valence-corrected chi connectivity index (χ1v) is 21.0. The molecule has 0 fully saturated rings. The summed E-state index contributed by atoms with van der Waals surface area (Å²) in [5.74, 6) is 2.00. The quantitative estimate of drug-likeness (QED) is 0.175. The summed E-state index contributed by atoms with van der Waals surface area (Å²) in [4.78, 5) is 15.3. The molecule has 4 heterocycles. The molecule has 0 saturated carbocycles. The molecule has 0 bridgehead atoms. The Morgan fingerprint density at radius 2 is 1.11 bits per heavy atom. The van der Waals surface area contributed by atoms with Crippen molar-refractivity contribution in [3.05, 3.63) is 175 Å². The molecule has 0 unspecified atom stereocenters. The van der Waals surface area contributed by atoms with Crippen LogP contribution in [0.4, 0.5) is 0 Å². The predicted octanol–water partition coefficient (Wildman–Crippen LogP) is 14.2. The van der Waals surface area contributed by atoms with Crippen LogP contribution < -0.4 is 0 Å². The maximum atomic E-state index is 5.17. The van der Waals surface area contributed by atoms with Gasteiger partial charge < -0.3 is 4.57 Å². The van der Waals surface area contributed by atoms with Crippen molar-refractivity contribution in [2.75, 3.05) is 0 Å².